The van der Waals surface area contributed by atoms with Gasteiger partial charge in [-0.3, -0.25) is 4.79 Å². The van der Waals surface area contributed by atoms with Crippen molar-refractivity contribution < 1.29 is 14.3 Å². The molecule has 0 aliphatic carbocycles. The summed E-state index contributed by atoms with van der Waals surface area (Å²) in [5.74, 6) is 1.66. The van der Waals surface area contributed by atoms with Gasteiger partial charge in [0.2, 0.25) is 5.91 Å². The van der Waals surface area contributed by atoms with Gasteiger partial charge in [-0.15, -0.1) is 0 Å². The number of ether oxygens (including phenoxy) is 2. The van der Waals surface area contributed by atoms with E-state index >= 15 is 0 Å². The maximum Gasteiger partial charge on any atom is 0.227 e. The minimum Gasteiger partial charge on any atom is -0.493 e. The van der Waals surface area contributed by atoms with E-state index in [0.29, 0.717) is 18.2 Å². The Morgan fingerprint density at radius 1 is 1.17 bits per heavy atom. The molecule has 1 aromatic rings. The second kappa shape index (κ2) is 7.88. The van der Waals surface area contributed by atoms with Crippen molar-refractivity contribution in [3.8, 4) is 11.5 Å². The van der Waals surface area contributed by atoms with E-state index in [9.17, 15) is 4.79 Å². The quantitative estimate of drug-likeness (QED) is 0.898. The van der Waals surface area contributed by atoms with Gasteiger partial charge in [0.05, 0.1) is 20.6 Å². The van der Waals surface area contributed by atoms with Crippen LogP contribution in [-0.2, 0) is 17.6 Å². The molecule has 2 aliphatic heterocycles. The van der Waals surface area contributed by atoms with Crippen LogP contribution in [0.4, 0.5) is 0 Å². The van der Waals surface area contributed by atoms with Gasteiger partial charge < -0.3 is 19.7 Å². The van der Waals surface area contributed by atoms with E-state index in [1.165, 1.54) is 24.8 Å². The summed E-state index contributed by atoms with van der Waals surface area (Å²) in [7, 11) is 3.28. The van der Waals surface area contributed by atoms with E-state index in [1.54, 1.807) is 14.2 Å². The highest BCUT2D eigenvalue weighted by Gasteiger charge is 2.23. The molecule has 1 aromatic carbocycles. The Morgan fingerprint density at radius 2 is 1.92 bits per heavy atom. The summed E-state index contributed by atoms with van der Waals surface area (Å²) in [4.78, 5) is 14.7. The summed E-state index contributed by atoms with van der Waals surface area (Å²) in [5.41, 5.74) is 2.26. The third-order valence-corrected chi connectivity index (χ3v) is 5.21. The van der Waals surface area contributed by atoms with Crippen molar-refractivity contribution >= 4 is 5.91 Å². The fraction of sp³-hybridized carbons (Fsp3) is 0.632. The van der Waals surface area contributed by atoms with Crippen molar-refractivity contribution in [3.63, 3.8) is 0 Å². The monoisotopic (exact) mass is 332 g/mol. The summed E-state index contributed by atoms with van der Waals surface area (Å²) >= 11 is 0. The number of amides is 1. The van der Waals surface area contributed by atoms with Crippen molar-refractivity contribution in [1.82, 2.24) is 10.2 Å². The largest absolute Gasteiger partial charge is 0.493 e. The number of carbonyl (C=O) groups excluding carboxylic acids is 1. The fourth-order valence-electron chi connectivity index (χ4n) is 3.73. The van der Waals surface area contributed by atoms with Gasteiger partial charge in [-0.05, 0) is 55.5 Å². The zero-order valence-electron chi connectivity index (χ0n) is 14.8. The topological polar surface area (TPSA) is 50.8 Å². The van der Waals surface area contributed by atoms with Gasteiger partial charge in [0.25, 0.3) is 0 Å². The molecule has 0 radical (unpaired) electrons. The predicted molar refractivity (Wildman–Crippen MR) is 93.8 cm³/mol. The molecule has 132 valence electrons. The average molecular weight is 332 g/mol. The van der Waals surface area contributed by atoms with Crippen LogP contribution < -0.4 is 14.8 Å². The molecule has 3 rings (SSSR count). The Balaban J connectivity index is 1.66. The third-order valence-electron chi connectivity index (χ3n) is 5.21. The van der Waals surface area contributed by atoms with Crippen molar-refractivity contribution in [2.24, 2.45) is 0 Å². The van der Waals surface area contributed by atoms with Crippen LogP contribution in [0.25, 0.3) is 0 Å². The highest BCUT2D eigenvalue weighted by atomic mass is 16.5. The third kappa shape index (κ3) is 3.83. The molecule has 24 heavy (non-hydrogen) atoms. The van der Waals surface area contributed by atoms with E-state index in [1.807, 2.05) is 17.0 Å². The lowest BCUT2D eigenvalue weighted by atomic mass is 10.0. The lowest BCUT2D eigenvalue weighted by Crippen LogP contribution is -2.39. The molecule has 5 heteroatoms. The maximum absolute atomic E-state index is 12.6. The second-order valence-corrected chi connectivity index (χ2v) is 6.72. The molecule has 5 nitrogen and oxygen atoms in total. The number of fused-ring (bicyclic) bond motifs is 1. The first kappa shape index (κ1) is 17.1. The van der Waals surface area contributed by atoms with Gasteiger partial charge in [-0.25, -0.2) is 0 Å². The highest BCUT2D eigenvalue weighted by molar-refractivity contribution is 5.80. The molecule has 1 unspecified atom stereocenters. The first-order chi connectivity index (χ1) is 11.7. The van der Waals surface area contributed by atoms with Crippen LogP contribution >= 0.6 is 0 Å². The minimum absolute atomic E-state index is 0.219. The van der Waals surface area contributed by atoms with Crippen molar-refractivity contribution in [2.45, 2.75) is 44.6 Å². The first-order valence-corrected chi connectivity index (χ1v) is 8.96. The van der Waals surface area contributed by atoms with E-state index in [-0.39, 0.29) is 5.91 Å². The normalized spacial score (nSPS) is 21.2. The van der Waals surface area contributed by atoms with Gasteiger partial charge >= 0.3 is 0 Å². The van der Waals surface area contributed by atoms with E-state index < -0.39 is 0 Å². The van der Waals surface area contributed by atoms with Crippen LogP contribution in [0.15, 0.2) is 12.1 Å². The lowest BCUT2D eigenvalue weighted by Gasteiger charge is -2.27. The molecular weight excluding hydrogens is 304 g/mol. The first-order valence-electron chi connectivity index (χ1n) is 8.96. The number of methoxy groups -OCH3 is 2. The number of carbonyl (C=O) groups is 1. The number of rotatable bonds is 5. The molecule has 1 fully saturated rings. The van der Waals surface area contributed by atoms with Crippen LogP contribution in [0.1, 0.15) is 36.8 Å². The number of nitrogens with zero attached hydrogens (tertiary/aromatic N) is 1. The molecule has 0 aromatic heterocycles. The number of piperidine rings is 1. The van der Waals surface area contributed by atoms with Gasteiger partial charge in [0.1, 0.15) is 0 Å². The zero-order chi connectivity index (χ0) is 16.9. The Bertz CT molecular complexity index is 582. The van der Waals surface area contributed by atoms with Crippen LogP contribution in [0.5, 0.6) is 11.5 Å². The van der Waals surface area contributed by atoms with Crippen LogP contribution in [0.2, 0.25) is 0 Å². The van der Waals surface area contributed by atoms with Crippen molar-refractivity contribution in [3.05, 3.63) is 23.3 Å². The molecule has 1 amide bonds. The average Bonchev–Trinajstić information content (AvgIpc) is 2.77. The van der Waals surface area contributed by atoms with Crippen LogP contribution in [0.3, 0.4) is 0 Å². The van der Waals surface area contributed by atoms with E-state index in [4.69, 9.17) is 9.47 Å². The summed E-state index contributed by atoms with van der Waals surface area (Å²) in [5, 5.41) is 3.57. The fourth-order valence-corrected chi connectivity index (χ4v) is 3.73. The smallest absolute Gasteiger partial charge is 0.227 e. The Labute approximate surface area is 144 Å². The minimum atomic E-state index is 0.219. The number of hydrogen-bond acceptors (Lipinski definition) is 4. The predicted octanol–water partition coefficient (Wildman–Crippen LogP) is 2.16. The molecule has 0 spiro atoms. The van der Waals surface area contributed by atoms with E-state index in [0.717, 1.165) is 43.8 Å². The summed E-state index contributed by atoms with van der Waals surface area (Å²) < 4.78 is 10.8. The molecule has 2 heterocycles. The van der Waals surface area contributed by atoms with E-state index in [2.05, 4.69) is 5.32 Å². The summed E-state index contributed by atoms with van der Waals surface area (Å²) in [6.45, 7) is 2.75. The highest BCUT2D eigenvalue weighted by Crippen LogP contribution is 2.32. The molecular formula is C19H28N2O3. The molecule has 1 atom stereocenters. The van der Waals surface area contributed by atoms with Gasteiger partial charge in [-0.2, -0.15) is 0 Å². The summed E-state index contributed by atoms with van der Waals surface area (Å²) in [6, 6.07) is 4.55. The van der Waals surface area contributed by atoms with Crippen molar-refractivity contribution in [1.29, 1.82) is 0 Å². The SMILES string of the molecule is COc1cc2c(cc1OC)CC(=O)N(CCC1CCCCN1)CC2. The van der Waals surface area contributed by atoms with Crippen LogP contribution in [0, 0.1) is 0 Å². The maximum atomic E-state index is 12.6. The summed E-state index contributed by atoms with van der Waals surface area (Å²) in [6.07, 6.45) is 6.19. The standard InChI is InChI=1S/C19H28N2O3/c1-23-17-11-14-6-9-21(10-7-16-5-3-4-8-20-16)19(22)13-15(14)12-18(17)24-2/h11-12,16,20H,3-10,13H2,1-2H3. The Morgan fingerprint density at radius 3 is 2.58 bits per heavy atom. The lowest BCUT2D eigenvalue weighted by molar-refractivity contribution is -0.130. The van der Waals surface area contributed by atoms with Gasteiger partial charge in [0.15, 0.2) is 11.5 Å². The number of nitrogens with one attached hydrogen (secondary N) is 1. The molecule has 1 saturated heterocycles. The molecule has 1 N–H and O–H groups in total. The molecule has 0 saturated carbocycles. The zero-order valence-corrected chi connectivity index (χ0v) is 14.8. The van der Waals surface area contributed by atoms with Gasteiger partial charge in [0, 0.05) is 19.1 Å². The van der Waals surface area contributed by atoms with Crippen LogP contribution in [-0.4, -0.2) is 50.7 Å². The van der Waals surface area contributed by atoms with Crippen molar-refractivity contribution in [2.75, 3.05) is 33.9 Å². The molecule has 0 bridgehead atoms. The molecule has 2 aliphatic rings. The Hall–Kier alpha value is -1.75. The number of benzene rings is 1. The second-order valence-electron chi connectivity index (χ2n) is 6.72. The Kier molecular flexibility index (Phi) is 5.61. The number of hydrogen-bond donors (Lipinski definition) is 1. The van der Waals surface area contributed by atoms with Gasteiger partial charge in [-0.1, -0.05) is 6.42 Å².